The van der Waals surface area contributed by atoms with Gasteiger partial charge in [-0.1, -0.05) is 0 Å². The minimum atomic E-state index is -4.21. The fourth-order valence-electron chi connectivity index (χ4n) is 1.50. The molecule has 0 aliphatic heterocycles. The summed E-state index contributed by atoms with van der Waals surface area (Å²) in [6.07, 6.45) is -4.21. The van der Waals surface area contributed by atoms with Crippen LogP contribution in [0.5, 0.6) is 5.75 Å². The lowest BCUT2D eigenvalue weighted by molar-refractivity contribution is -0.144. The Morgan fingerprint density at radius 3 is 2.53 bits per heavy atom. The summed E-state index contributed by atoms with van der Waals surface area (Å²) in [5.74, 6) is 0.578. The molecule has 0 aromatic heterocycles. The first kappa shape index (κ1) is 13.6. The smallest absolute Gasteiger partial charge is 0.401 e. The normalized spacial score (nSPS) is 11.9. The molecule has 1 rings (SSSR count). The zero-order chi connectivity index (χ0) is 13.1. The number of ether oxygens (including phenoxy) is 1. The molecule has 0 aliphatic carbocycles. The molecule has 0 saturated carbocycles. The molecule has 0 spiro atoms. The first-order valence-electron chi connectivity index (χ1n) is 4.99. The van der Waals surface area contributed by atoms with Crippen molar-refractivity contribution in [2.24, 2.45) is 0 Å². The maximum atomic E-state index is 12.2. The summed E-state index contributed by atoms with van der Waals surface area (Å²) in [7, 11) is 2.89. The SMILES string of the molecule is COc1ccc(N)c(CN(C)CC(F)(F)F)c1. The van der Waals surface area contributed by atoms with E-state index in [1.54, 1.807) is 18.2 Å². The molecule has 0 unspecified atom stereocenters. The van der Waals surface area contributed by atoms with Gasteiger partial charge in [0, 0.05) is 12.2 Å². The molecule has 0 amide bonds. The predicted molar refractivity (Wildman–Crippen MR) is 59.8 cm³/mol. The Morgan fingerprint density at radius 2 is 2.00 bits per heavy atom. The summed E-state index contributed by atoms with van der Waals surface area (Å²) < 4.78 is 41.5. The van der Waals surface area contributed by atoms with Crippen LogP contribution >= 0.6 is 0 Å². The molecule has 17 heavy (non-hydrogen) atoms. The number of anilines is 1. The number of halogens is 3. The first-order valence-corrected chi connectivity index (χ1v) is 4.99. The average molecular weight is 248 g/mol. The Morgan fingerprint density at radius 1 is 1.35 bits per heavy atom. The Bertz CT molecular complexity index is 379. The van der Waals surface area contributed by atoms with E-state index in [2.05, 4.69) is 0 Å². The van der Waals surface area contributed by atoms with Crippen LogP contribution in [0.4, 0.5) is 18.9 Å². The van der Waals surface area contributed by atoms with Gasteiger partial charge in [0.25, 0.3) is 0 Å². The number of rotatable bonds is 4. The molecule has 0 fully saturated rings. The van der Waals surface area contributed by atoms with E-state index in [1.807, 2.05) is 0 Å². The third-order valence-corrected chi connectivity index (χ3v) is 2.24. The number of nitrogen functional groups attached to an aromatic ring is 1. The van der Waals surface area contributed by atoms with Crippen LogP contribution in [0.2, 0.25) is 0 Å². The molecule has 96 valence electrons. The highest BCUT2D eigenvalue weighted by molar-refractivity contribution is 5.50. The number of nitrogens with zero attached hydrogens (tertiary/aromatic N) is 1. The molecule has 1 aromatic carbocycles. The zero-order valence-corrected chi connectivity index (χ0v) is 9.71. The van der Waals surface area contributed by atoms with Gasteiger partial charge >= 0.3 is 6.18 Å². The maximum absolute atomic E-state index is 12.2. The van der Waals surface area contributed by atoms with Crippen LogP contribution in [-0.2, 0) is 6.54 Å². The molecule has 2 N–H and O–H groups in total. The highest BCUT2D eigenvalue weighted by atomic mass is 19.4. The standard InChI is InChI=1S/C11H15F3N2O/c1-16(7-11(12,13)14)6-8-5-9(17-2)3-4-10(8)15/h3-5H,6-7,15H2,1-2H3. The van der Waals surface area contributed by atoms with Crippen LogP contribution in [-0.4, -0.2) is 31.8 Å². The highest BCUT2D eigenvalue weighted by Gasteiger charge is 2.29. The van der Waals surface area contributed by atoms with E-state index in [9.17, 15) is 13.2 Å². The van der Waals surface area contributed by atoms with Crippen LogP contribution in [0.1, 0.15) is 5.56 Å². The molecule has 0 saturated heterocycles. The second-order valence-electron chi connectivity index (χ2n) is 3.85. The fourth-order valence-corrected chi connectivity index (χ4v) is 1.50. The largest absolute Gasteiger partial charge is 0.497 e. The van der Waals surface area contributed by atoms with Crippen LogP contribution in [0, 0.1) is 0 Å². The molecule has 3 nitrogen and oxygen atoms in total. The minimum absolute atomic E-state index is 0.128. The van der Waals surface area contributed by atoms with Crippen molar-refractivity contribution >= 4 is 5.69 Å². The third kappa shape index (κ3) is 4.52. The Hall–Kier alpha value is -1.43. The predicted octanol–water partition coefficient (Wildman–Crippen LogP) is 2.27. The molecular weight excluding hydrogens is 233 g/mol. The number of alkyl halides is 3. The Labute approximate surface area is 98.0 Å². The van der Waals surface area contributed by atoms with Gasteiger partial charge in [-0.25, -0.2) is 0 Å². The summed E-state index contributed by atoms with van der Waals surface area (Å²) in [5, 5.41) is 0. The van der Waals surface area contributed by atoms with E-state index in [0.717, 1.165) is 4.90 Å². The van der Waals surface area contributed by atoms with Crippen LogP contribution in [0.15, 0.2) is 18.2 Å². The van der Waals surface area contributed by atoms with Crippen molar-refractivity contribution in [2.75, 3.05) is 26.4 Å². The van der Waals surface area contributed by atoms with Gasteiger partial charge in [-0.3, -0.25) is 4.90 Å². The second kappa shape index (κ2) is 5.27. The monoisotopic (exact) mass is 248 g/mol. The van der Waals surface area contributed by atoms with E-state index < -0.39 is 12.7 Å². The van der Waals surface area contributed by atoms with Crippen molar-refractivity contribution < 1.29 is 17.9 Å². The van der Waals surface area contributed by atoms with E-state index in [4.69, 9.17) is 10.5 Å². The Balaban J connectivity index is 2.73. The second-order valence-corrected chi connectivity index (χ2v) is 3.85. The van der Waals surface area contributed by atoms with Gasteiger partial charge in [0.05, 0.1) is 13.7 Å². The van der Waals surface area contributed by atoms with Crippen molar-refractivity contribution in [1.29, 1.82) is 0 Å². The van der Waals surface area contributed by atoms with Crippen molar-refractivity contribution in [3.63, 3.8) is 0 Å². The van der Waals surface area contributed by atoms with Crippen LogP contribution < -0.4 is 10.5 Å². The summed E-state index contributed by atoms with van der Waals surface area (Å²) in [4.78, 5) is 1.16. The van der Waals surface area contributed by atoms with E-state index >= 15 is 0 Å². The van der Waals surface area contributed by atoms with Crippen LogP contribution in [0.3, 0.4) is 0 Å². The summed E-state index contributed by atoms with van der Waals surface area (Å²) >= 11 is 0. The molecule has 0 aliphatic rings. The molecule has 0 bridgehead atoms. The number of benzene rings is 1. The van der Waals surface area contributed by atoms with Crippen molar-refractivity contribution in [1.82, 2.24) is 4.90 Å². The Kier molecular flexibility index (Phi) is 4.22. The zero-order valence-electron chi connectivity index (χ0n) is 9.71. The summed E-state index contributed by atoms with van der Waals surface area (Å²) in [6, 6.07) is 4.93. The van der Waals surface area contributed by atoms with E-state index in [0.29, 0.717) is 17.0 Å². The third-order valence-electron chi connectivity index (χ3n) is 2.24. The molecule has 6 heteroatoms. The number of hydrogen-bond donors (Lipinski definition) is 1. The van der Waals surface area contributed by atoms with Crippen LogP contribution in [0.25, 0.3) is 0 Å². The van der Waals surface area contributed by atoms with Crippen molar-refractivity contribution in [2.45, 2.75) is 12.7 Å². The van der Waals surface area contributed by atoms with E-state index in [-0.39, 0.29) is 6.54 Å². The molecule has 0 radical (unpaired) electrons. The lowest BCUT2D eigenvalue weighted by Gasteiger charge is -2.19. The van der Waals surface area contributed by atoms with Crippen molar-refractivity contribution in [3.8, 4) is 5.75 Å². The van der Waals surface area contributed by atoms with Gasteiger partial charge in [-0.15, -0.1) is 0 Å². The lowest BCUT2D eigenvalue weighted by atomic mass is 10.1. The van der Waals surface area contributed by atoms with Gasteiger partial charge in [0.1, 0.15) is 5.75 Å². The lowest BCUT2D eigenvalue weighted by Crippen LogP contribution is -2.30. The molecular formula is C11H15F3N2O. The van der Waals surface area contributed by atoms with E-state index in [1.165, 1.54) is 14.2 Å². The molecule has 0 atom stereocenters. The quantitative estimate of drug-likeness (QED) is 0.831. The van der Waals surface area contributed by atoms with Gasteiger partial charge < -0.3 is 10.5 Å². The van der Waals surface area contributed by atoms with Gasteiger partial charge in [-0.05, 0) is 30.8 Å². The van der Waals surface area contributed by atoms with Gasteiger partial charge in [0.15, 0.2) is 0 Å². The maximum Gasteiger partial charge on any atom is 0.401 e. The van der Waals surface area contributed by atoms with Gasteiger partial charge in [-0.2, -0.15) is 13.2 Å². The van der Waals surface area contributed by atoms with Gasteiger partial charge in [0.2, 0.25) is 0 Å². The highest BCUT2D eigenvalue weighted by Crippen LogP contribution is 2.22. The molecule has 1 aromatic rings. The molecule has 0 heterocycles. The minimum Gasteiger partial charge on any atom is -0.497 e. The average Bonchev–Trinajstić information content (AvgIpc) is 2.18. The fraction of sp³-hybridized carbons (Fsp3) is 0.455. The summed E-state index contributed by atoms with van der Waals surface area (Å²) in [5.41, 5.74) is 6.77. The number of methoxy groups -OCH3 is 1. The number of nitrogens with two attached hydrogens (primary N) is 1. The number of hydrogen-bond acceptors (Lipinski definition) is 3. The first-order chi connectivity index (χ1) is 7.81. The topological polar surface area (TPSA) is 38.5 Å². The summed E-state index contributed by atoms with van der Waals surface area (Å²) in [6.45, 7) is -0.841. The van der Waals surface area contributed by atoms with Crippen molar-refractivity contribution in [3.05, 3.63) is 23.8 Å².